The third kappa shape index (κ3) is 3.80. The zero-order valence-corrected chi connectivity index (χ0v) is 14.1. The highest BCUT2D eigenvalue weighted by molar-refractivity contribution is 5.90. The van der Waals surface area contributed by atoms with E-state index < -0.39 is 0 Å². The molecule has 8 heteroatoms. The number of anilines is 1. The van der Waals surface area contributed by atoms with Gasteiger partial charge in [-0.05, 0) is 31.5 Å². The van der Waals surface area contributed by atoms with Gasteiger partial charge in [-0.15, -0.1) is 5.10 Å². The summed E-state index contributed by atoms with van der Waals surface area (Å²) in [6.07, 6.45) is 5.80. The number of ether oxygens (including phenoxy) is 1. The van der Waals surface area contributed by atoms with Crippen LogP contribution in [-0.2, 0) is 4.74 Å². The topological polar surface area (TPSA) is 92.1 Å². The van der Waals surface area contributed by atoms with Crippen molar-refractivity contribution in [1.82, 2.24) is 25.1 Å². The van der Waals surface area contributed by atoms with E-state index in [0.29, 0.717) is 11.9 Å². The highest BCUT2D eigenvalue weighted by atomic mass is 16.5. The number of aromatic amines is 1. The van der Waals surface area contributed by atoms with Crippen LogP contribution in [0.1, 0.15) is 12.8 Å². The normalized spacial score (nSPS) is 15.7. The van der Waals surface area contributed by atoms with Gasteiger partial charge < -0.3 is 19.5 Å². The van der Waals surface area contributed by atoms with E-state index in [9.17, 15) is 0 Å². The van der Waals surface area contributed by atoms with E-state index in [-0.39, 0.29) is 0 Å². The molecule has 4 heterocycles. The first-order chi connectivity index (χ1) is 12.4. The van der Waals surface area contributed by atoms with E-state index in [1.54, 1.807) is 6.20 Å². The third-order valence-corrected chi connectivity index (χ3v) is 4.39. The van der Waals surface area contributed by atoms with Crippen molar-refractivity contribution in [1.29, 1.82) is 0 Å². The molecule has 0 spiro atoms. The molecule has 0 aromatic carbocycles. The van der Waals surface area contributed by atoms with Crippen molar-refractivity contribution < 1.29 is 9.15 Å². The van der Waals surface area contributed by atoms with Crippen LogP contribution in [0.15, 0.2) is 28.9 Å². The lowest BCUT2D eigenvalue weighted by Crippen LogP contribution is -2.36. The molecule has 8 nitrogen and oxygen atoms in total. The predicted molar refractivity (Wildman–Crippen MR) is 94.4 cm³/mol. The maximum absolute atomic E-state index is 5.72. The molecule has 0 saturated carbocycles. The minimum Gasteiger partial charge on any atom is -0.403 e. The number of hydrogen-bond donors (Lipinski definition) is 2. The van der Waals surface area contributed by atoms with Crippen LogP contribution in [0.5, 0.6) is 0 Å². The SMILES string of the molecule is c1cnc2[nH]cc(-c3nnc(NCCCCN4CCOCC4)o3)c2c1. The average molecular weight is 342 g/mol. The minimum absolute atomic E-state index is 0.458. The summed E-state index contributed by atoms with van der Waals surface area (Å²) in [5.41, 5.74) is 1.68. The molecule has 0 bridgehead atoms. The van der Waals surface area contributed by atoms with E-state index in [0.717, 1.165) is 68.8 Å². The Morgan fingerprint density at radius 1 is 1.20 bits per heavy atom. The third-order valence-electron chi connectivity index (χ3n) is 4.39. The van der Waals surface area contributed by atoms with Crippen LogP contribution in [0.4, 0.5) is 6.01 Å². The Bertz CT molecular complexity index is 808. The summed E-state index contributed by atoms with van der Waals surface area (Å²) in [5.74, 6) is 0.495. The Morgan fingerprint density at radius 2 is 2.12 bits per heavy atom. The van der Waals surface area contributed by atoms with Crippen LogP contribution < -0.4 is 5.32 Å². The zero-order valence-electron chi connectivity index (χ0n) is 14.1. The Hall–Kier alpha value is -2.45. The number of H-pyrrole nitrogens is 1. The number of unbranched alkanes of at least 4 members (excludes halogenated alkanes) is 1. The van der Waals surface area contributed by atoms with Gasteiger partial charge in [-0.1, -0.05) is 5.10 Å². The fraction of sp³-hybridized carbons (Fsp3) is 0.471. The van der Waals surface area contributed by atoms with Gasteiger partial charge in [0.2, 0.25) is 0 Å². The summed E-state index contributed by atoms with van der Waals surface area (Å²) < 4.78 is 11.1. The fourth-order valence-corrected chi connectivity index (χ4v) is 3.02. The van der Waals surface area contributed by atoms with Crippen molar-refractivity contribution in [3.05, 3.63) is 24.5 Å². The maximum atomic E-state index is 5.72. The molecule has 0 atom stereocenters. The molecule has 0 unspecified atom stereocenters. The molecule has 3 aromatic heterocycles. The van der Waals surface area contributed by atoms with Crippen molar-refractivity contribution in [3.8, 4) is 11.5 Å². The van der Waals surface area contributed by atoms with E-state index in [2.05, 4.69) is 30.4 Å². The molecule has 1 fully saturated rings. The second kappa shape index (κ2) is 7.62. The lowest BCUT2D eigenvalue weighted by Gasteiger charge is -2.26. The van der Waals surface area contributed by atoms with E-state index >= 15 is 0 Å². The number of pyridine rings is 1. The smallest absolute Gasteiger partial charge is 0.315 e. The first-order valence-electron chi connectivity index (χ1n) is 8.70. The van der Waals surface area contributed by atoms with Crippen LogP contribution in [0.3, 0.4) is 0 Å². The first kappa shape index (κ1) is 16.0. The van der Waals surface area contributed by atoms with E-state index in [1.807, 2.05) is 18.3 Å². The predicted octanol–water partition coefficient (Wildman–Crippen LogP) is 2.14. The van der Waals surface area contributed by atoms with Crippen molar-refractivity contribution in [2.24, 2.45) is 0 Å². The number of fused-ring (bicyclic) bond motifs is 1. The van der Waals surface area contributed by atoms with Gasteiger partial charge in [0.05, 0.1) is 18.8 Å². The van der Waals surface area contributed by atoms with Crippen molar-refractivity contribution >= 4 is 17.0 Å². The number of nitrogens with one attached hydrogen (secondary N) is 2. The van der Waals surface area contributed by atoms with Crippen molar-refractivity contribution in [2.45, 2.75) is 12.8 Å². The Kier molecular flexibility index (Phi) is 4.89. The van der Waals surface area contributed by atoms with Gasteiger partial charge in [-0.3, -0.25) is 4.90 Å². The van der Waals surface area contributed by atoms with E-state index in [1.165, 1.54) is 0 Å². The summed E-state index contributed by atoms with van der Waals surface area (Å²) in [5, 5.41) is 12.4. The Balaban J connectivity index is 1.27. The summed E-state index contributed by atoms with van der Waals surface area (Å²) >= 11 is 0. The monoisotopic (exact) mass is 342 g/mol. The quantitative estimate of drug-likeness (QED) is 0.636. The summed E-state index contributed by atoms with van der Waals surface area (Å²) in [6.45, 7) is 5.72. The molecule has 132 valence electrons. The van der Waals surface area contributed by atoms with Gasteiger partial charge in [-0.2, -0.15) is 0 Å². The molecular formula is C17H22N6O2. The Morgan fingerprint density at radius 3 is 3.04 bits per heavy atom. The van der Waals surface area contributed by atoms with E-state index in [4.69, 9.17) is 9.15 Å². The van der Waals surface area contributed by atoms with Gasteiger partial charge in [-0.25, -0.2) is 4.98 Å². The van der Waals surface area contributed by atoms with Crippen LogP contribution in [-0.4, -0.2) is 64.5 Å². The number of nitrogens with zero attached hydrogens (tertiary/aromatic N) is 4. The highest BCUT2D eigenvalue weighted by Crippen LogP contribution is 2.27. The molecule has 25 heavy (non-hydrogen) atoms. The highest BCUT2D eigenvalue weighted by Gasteiger charge is 2.13. The number of rotatable bonds is 7. The average Bonchev–Trinajstić information content (AvgIpc) is 3.29. The van der Waals surface area contributed by atoms with Gasteiger partial charge in [0.25, 0.3) is 5.89 Å². The van der Waals surface area contributed by atoms with Gasteiger partial charge in [0.1, 0.15) is 5.65 Å². The largest absolute Gasteiger partial charge is 0.403 e. The van der Waals surface area contributed by atoms with Crippen molar-refractivity contribution in [3.63, 3.8) is 0 Å². The van der Waals surface area contributed by atoms with Gasteiger partial charge in [0, 0.05) is 37.4 Å². The second-order valence-corrected chi connectivity index (χ2v) is 6.10. The number of morpholine rings is 1. The number of hydrogen-bond acceptors (Lipinski definition) is 7. The summed E-state index contributed by atoms with van der Waals surface area (Å²) in [4.78, 5) is 9.83. The van der Waals surface area contributed by atoms with Crippen LogP contribution >= 0.6 is 0 Å². The maximum Gasteiger partial charge on any atom is 0.315 e. The zero-order chi connectivity index (χ0) is 16.9. The lowest BCUT2D eigenvalue weighted by atomic mass is 10.2. The molecule has 1 aliphatic heterocycles. The summed E-state index contributed by atoms with van der Waals surface area (Å²) in [6, 6.07) is 4.33. The van der Waals surface area contributed by atoms with Crippen LogP contribution in [0.25, 0.3) is 22.5 Å². The van der Waals surface area contributed by atoms with Crippen LogP contribution in [0.2, 0.25) is 0 Å². The first-order valence-corrected chi connectivity index (χ1v) is 8.70. The second-order valence-electron chi connectivity index (χ2n) is 6.10. The lowest BCUT2D eigenvalue weighted by molar-refractivity contribution is 0.0373. The molecule has 0 radical (unpaired) electrons. The fourth-order valence-electron chi connectivity index (χ4n) is 3.02. The molecule has 3 aromatic rings. The molecule has 2 N–H and O–H groups in total. The minimum atomic E-state index is 0.458. The Labute approximate surface area is 145 Å². The molecule has 1 aliphatic rings. The van der Waals surface area contributed by atoms with Crippen LogP contribution in [0, 0.1) is 0 Å². The number of aromatic nitrogens is 4. The molecular weight excluding hydrogens is 320 g/mol. The van der Waals surface area contributed by atoms with Gasteiger partial charge in [0.15, 0.2) is 0 Å². The van der Waals surface area contributed by atoms with Crippen molar-refractivity contribution in [2.75, 3.05) is 44.7 Å². The molecule has 4 rings (SSSR count). The molecule has 0 aliphatic carbocycles. The molecule has 0 amide bonds. The van der Waals surface area contributed by atoms with Gasteiger partial charge >= 0.3 is 6.01 Å². The molecule has 1 saturated heterocycles. The standard InChI is InChI=1S/C17H22N6O2/c1(2-7-23-8-10-24-11-9-23)5-19-17-22-21-16(25-17)14-12-20-15-13(14)4-3-6-18-15/h3-4,6,12H,1-2,5,7-11H2,(H,18,20)(H,19,22). The summed E-state index contributed by atoms with van der Waals surface area (Å²) in [7, 11) is 0.